The highest BCUT2D eigenvalue weighted by Gasteiger charge is 2.31. The van der Waals surface area contributed by atoms with Crippen molar-refractivity contribution < 1.29 is 4.79 Å². The number of carbonyl (C=O) groups excluding carboxylic acids is 1. The summed E-state index contributed by atoms with van der Waals surface area (Å²) in [4.78, 5) is 32.0. The van der Waals surface area contributed by atoms with Crippen LogP contribution in [0.3, 0.4) is 0 Å². The maximum atomic E-state index is 12.7. The number of para-hydroxylation sites is 2. The average molecular weight is 329 g/mol. The topological polar surface area (TPSA) is 73.4 Å². The number of hydrogen-bond acceptors (Lipinski definition) is 4. The second-order valence-electron chi connectivity index (χ2n) is 6.60. The van der Waals surface area contributed by atoms with E-state index in [9.17, 15) is 9.59 Å². The van der Waals surface area contributed by atoms with Gasteiger partial charge in [-0.3, -0.25) is 14.3 Å². The number of rotatable bonds is 3. The van der Waals surface area contributed by atoms with Gasteiger partial charge in [-0.05, 0) is 18.6 Å². The molecule has 0 aliphatic carbocycles. The number of H-pyrrole nitrogens is 1. The lowest BCUT2D eigenvalue weighted by atomic mass is 10.2. The van der Waals surface area contributed by atoms with Gasteiger partial charge < -0.3 is 15.2 Å². The van der Waals surface area contributed by atoms with E-state index in [2.05, 4.69) is 15.2 Å². The highest BCUT2D eigenvalue weighted by atomic mass is 16.2. The van der Waals surface area contributed by atoms with Gasteiger partial charge in [0.1, 0.15) is 6.54 Å². The van der Waals surface area contributed by atoms with Gasteiger partial charge in [0, 0.05) is 45.3 Å². The Morgan fingerprint density at radius 3 is 2.79 bits per heavy atom. The van der Waals surface area contributed by atoms with Crippen LogP contribution in [-0.2, 0) is 11.3 Å². The van der Waals surface area contributed by atoms with Crippen LogP contribution < -0.4 is 11.0 Å². The van der Waals surface area contributed by atoms with Gasteiger partial charge in [0.2, 0.25) is 5.91 Å². The van der Waals surface area contributed by atoms with Gasteiger partial charge in [-0.15, -0.1) is 0 Å². The summed E-state index contributed by atoms with van der Waals surface area (Å²) in [5.74, 6) is 0.0273. The molecule has 0 saturated carbocycles. The minimum absolute atomic E-state index is 0.0273. The summed E-state index contributed by atoms with van der Waals surface area (Å²) in [5.41, 5.74) is 1.34. The van der Waals surface area contributed by atoms with Crippen molar-refractivity contribution in [2.45, 2.75) is 19.0 Å². The lowest BCUT2D eigenvalue weighted by molar-refractivity contribution is -0.130. The molecule has 1 amide bonds. The third kappa shape index (κ3) is 2.85. The number of aromatic nitrogens is 2. The highest BCUT2D eigenvalue weighted by molar-refractivity contribution is 5.80. The zero-order valence-corrected chi connectivity index (χ0v) is 13.7. The van der Waals surface area contributed by atoms with Gasteiger partial charge in [-0.1, -0.05) is 12.1 Å². The Morgan fingerprint density at radius 1 is 1.17 bits per heavy atom. The summed E-state index contributed by atoms with van der Waals surface area (Å²) in [6.45, 7) is 5.81. The third-order valence-corrected chi connectivity index (χ3v) is 5.16. The largest absolute Gasteiger partial charge is 0.340 e. The molecule has 0 radical (unpaired) electrons. The highest BCUT2D eigenvalue weighted by Crippen LogP contribution is 2.17. The van der Waals surface area contributed by atoms with Crippen LogP contribution in [0.15, 0.2) is 29.1 Å². The van der Waals surface area contributed by atoms with E-state index in [1.165, 1.54) is 4.57 Å². The van der Waals surface area contributed by atoms with E-state index >= 15 is 0 Å². The number of carbonyl (C=O) groups is 1. The van der Waals surface area contributed by atoms with Crippen LogP contribution in [0.1, 0.15) is 6.42 Å². The first kappa shape index (κ1) is 15.4. The maximum Gasteiger partial charge on any atom is 0.326 e. The Morgan fingerprint density at radius 2 is 1.96 bits per heavy atom. The predicted molar refractivity (Wildman–Crippen MR) is 92.0 cm³/mol. The number of nitrogens with zero attached hydrogens (tertiary/aromatic N) is 3. The summed E-state index contributed by atoms with van der Waals surface area (Å²) in [7, 11) is 0. The Balaban J connectivity index is 1.45. The van der Waals surface area contributed by atoms with Crippen LogP contribution in [0.2, 0.25) is 0 Å². The summed E-state index contributed by atoms with van der Waals surface area (Å²) in [6, 6.07) is 7.94. The summed E-state index contributed by atoms with van der Waals surface area (Å²) in [6.07, 6.45) is 1.02. The van der Waals surface area contributed by atoms with Crippen molar-refractivity contribution in [1.29, 1.82) is 0 Å². The molecule has 2 N–H and O–H groups in total. The molecule has 0 bridgehead atoms. The normalized spacial score (nSPS) is 22.3. The van der Waals surface area contributed by atoms with Crippen molar-refractivity contribution in [3.05, 3.63) is 34.7 Å². The average Bonchev–Trinajstić information content (AvgIpc) is 3.21. The molecular formula is C17H23N5O2. The van der Waals surface area contributed by atoms with E-state index in [0.29, 0.717) is 6.04 Å². The molecule has 4 rings (SSSR count). The van der Waals surface area contributed by atoms with E-state index < -0.39 is 0 Å². The molecule has 1 atom stereocenters. The van der Waals surface area contributed by atoms with Gasteiger partial charge >= 0.3 is 5.69 Å². The Kier molecular flexibility index (Phi) is 4.12. The van der Waals surface area contributed by atoms with E-state index in [1.54, 1.807) is 0 Å². The van der Waals surface area contributed by atoms with Gasteiger partial charge in [0.05, 0.1) is 11.0 Å². The van der Waals surface area contributed by atoms with E-state index in [-0.39, 0.29) is 18.1 Å². The lowest BCUT2D eigenvalue weighted by Gasteiger charge is -2.32. The van der Waals surface area contributed by atoms with Crippen LogP contribution in [0.25, 0.3) is 11.0 Å². The van der Waals surface area contributed by atoms with Crippen LogP contribution in [0.4, 0.5) is 0 Å². The summed E-state index contributed by atoms with van der Waals surface area (Å²) < 4.78 is 1.54. The number of piperazine rings is 1. The zero-order valence-electron chi connectivity index (χ0n) is 13.7. The number of likely N-dealkylation sites (tertiary alicyclic amines) is 1. The molecule has 1 unspecified atom stereocenters. The van der Waals surface area contributed by atoms with E-state index in [0.717, 1.165) is 56.7 Å². The molecule has 1 aromatic heterocycles. The first-order valence-corrected chi connectivity index (χ1v) is 8.62. The van der Waals surface area contributed by atoms with Crippen LogP contribution >= 0.6 is 0 Å². The third-order valence-electron chi connectivity index (χ3n) is 5.16. The van der Waals surface area contributed by atoms with Crippen molar-refractivity contribution in [3.63, 3.8) is 0 Å². The van der Waals surface area contributed by atoms with E-state index in [1.807, 2.05) is 29.2 Å². The van der Waals surface area contributed by atoms with Crippen molar-refractivity contribution in [3.8, 4) is 0 Å². The molecular weight excluding hydrogens is 306 g/mol. The van der Waals surface area contributed by atoms with E-state index in [4.69, 9.17) is 0 Å². The molecule has 7 nitrogen and oxygen atoms in total. The molecule has 2 saturated heterocycles. The SMILES string of the molecule is O=C(Cn1c(=O)[nH]c2ccccc21)N1CCC(N2CCNCC2)C1. The van der Waals surface area contributed by atoms with Gasteiger partial charge in [0.15, 0.2) is 0 Å². The summed E-state index contributed by atoms with van der Waals surface area (Å²) >= 11 is 0. The minimum Gasteiger partial charge on any atom is -0.340 e. The summed E-state index contributed by atoms with van der Waals surface area (Å²) in [5, 5.41) is 3.36. The molecule has 1 aromatic carbocycles. The molecule has 24 heavy (non-hydrogen) atoms. The van der Waals surface area contributed by atoms with Crippen molar-refractivity contribution in [1.82, 2.24) is 24.7 Å². The Hall–Kier alpha value is -2.12. The molecule has 2 aliphatic heterocycles. The minimum atomic E-state index is -0.220. The number of fused-ring (bicyclic) bond motifs is 1. The zero-order chi connectivity index (χ0) is 16.5. The van der Waals surface area contributed by atoms with Crippen molar-refractivity contribution >= 4 is 16.9 Å². The van der Waals surface area contributed by atoms with Crippen molar-refractivity contribution in [2.75, 3.05) is 39.3 Å². The van der Waals surface area contributed by atoms with Gasteiger partial charge in [-0.2, -0.15) is 0 Å². The second kappa shape index (κ2) is 6.41. The fourth-order valence-corrected chi connectivity index (χ4v) is 3.81. The molecule has 2 aromatic rings. The molecule has 2 aliphatic rings. The number of benzene rings is 1. The second-order valence-corrected chi connectivity index (χ2v) is 6.60. The fraction of sp³-hybridized carbons (Fsp3) is 0.529. The van der Waals surface area contributed by atoms with Crippen LogP contribution in [0.5, 0.6) is 0 Å². The Bertz CT molecular complexity index is 790. The molecule has 128 valence electrons. The van der Waals surface area contributed by atoms with Crippen LogP contribution in [0, 0.1) is 0 Å². The number of hydrogen-bond donors (Lipinski definition) is 2. The maximum absolute atomic E-state index is 12.7. The van der Waals surface area contributed by atoms with Crippen LogP contribution in [-0.4, -0.2) is 70.6 Å². The van der Waals surface area contributed by atoms with Gasteiger partial charge in [0.25, 0.3) is 0 Å². The molecule has 2 fully saturated rings. The van der Waals surface area contributed by atoms with Crippen molar-refractivity contribution in [2.24, 2.45) is 0 Å². The predicted octanol–water partition coefficient (Wildman–Crippen LogP) is -0.164. The van der Waals surface area contributed by atoms with Gasteiger partial charge in [-0.25, -0.2) is 4.79 Å². The molecule has 3 heterocycles. The molecule has 7 heteroatoms. The number of amides is 1. The molecule has 0 spiro atoms. The fourth-order valence-electron chi connectivity index (χ4n) is 3.81. The quantitative estimate of drug-likeness (QED) is 0.820. The first-order chi connectivity index (χ1) is 11.7. The number of aromatic amines is 1. The number of imidazole rings is 1. The number of nitrogens with one attached hydrogen (secondary N) is 2. The Labute approximate surface area is 140 Å². The standard InChI is InChI=1S/C17H23N5O2/c23-16(12-22-15-4-2-1-3-14(15)19-17(22)24)21-8-5-13(11-21)20-9-6-18-7-10-20/h1-4,13,18H,5-12H2,(H,19,24). The smallest absolute Gasteiger partial charge is 0.326 e. The first-order valence-electron chi connectivity index (χ1n) is 8.62. The lowest BCUT2D eigenvalue weighted by Crippen LogP contribution is -2.49. The monoisotopic (exact) mass is 329 g/mol.